The molecule has 0 amide bonds. The minimum atomic E-state index is 0. The van der Waals surface area contributed by atoms with E-state index in [1.165, 1.54) is 17.0 Å². The number of likely N-dealkylation sites (tertiary alicyclic amines) is 1. The molecule has 0 aliphatic carbocycles. The van der Waals surface area contributed by atoms with Crippen LogP contribution in [0.2, 0.25) is 0 Å². The number of halogens is 1. The van der Waals surface area contributed by atoms with Crippen molar-refractivity contribution in [2.24, 2.45) is 11.7 Å². The summed E-state index contributed by atoms with van der Waals surface area (Å²) < 4.78 is 2.26. The van der Waals surface area contributed by atoms with Gasteiger partial charge < -0.3 is 10.1 Å². The number of nitrogens with two attached hydrogens (primary N) is 1. The lowest BCUT2D eigenvalue weighted by atomic mass is 9.89. The van der Waals surface area contributed by atoms with Crippen molar-refractivity contribution in [1.29, 1.82) is 0 Å². The monoisotopic (exact) mass is 356 g/mol. The Labute approximate surface area is 155 Å². The SMILES string of the molecule is Cc1cccc2ncc(CN3C[C@@H](CN)[C@H](c4ccccc4)C3)n12.Cl. The number of benzene rings is 1. The Balaban J connectivity index is 0.00000182. The van der Waals surface area contributed by atoms with Crippen LogP contribution in [0.4, 0.5) is 0 Å². The van der Waals surface area contributed by atoms with Gasteiger partial charge in [-0.25, -0.2) is 4.98 Å². The molecule has 0 saturated carbocycles. The molecule has 2 aromatic heterocycles. The van der Waals surface area contributed by atoms with Crippen molar-refractivity contribution < 1.29 is 0 Å². The van der Waals surface area contributed by atoms with Gasteiger partial charge in [0.05, 0.1) is 11.9 Å². The molecule has 2 N–H and O–H groups in total. The average Bonchev–Trinajstić information content (AvgIpc) is 3.21. The lowest BCUT2D eigenvalue weighted by molar-refractivity contribution is 0.312. The molecule has 2 atom stereocenters. The number of hydrogen-bond acceptors (Lipinski definition) is 3. The molecule has 1 aromatic carbocycles. The maximum absolute atomic E-state index is 6.07. The van der Waals surface area contributed by atoms with Gasteiger partial charge in [0, 0.05) is 31.2 Å². The predicted molar refractivity (Wildman–Crippen MR) is 104 cm³/mol. The number of imidazole rings is 1. The standard InChI is InChI=1S/C20H24N4.ClH/c1-15-6-5-9-20-22-11-18(24(15)20)13-23-12-17(10-21)19(14-23)16-7-3-2-4-8-16;/h2-9,11,17,19H,10,12-14,21H2,1H3;1H/t17-,19+;/m1./s1. The number of hydrogen-bond donors (Lipinski definition) is 1. The van der Waals surface area contributed by atoms with Gasteiger partial charge in [0.15, 0.2) is 0 Å². The van der Waals surface area contributed by atoms with E-state index in [-0.39, 0.29) is 12.4 Å². The first-order chi connectivity index (χ1) is 11.8. The second-order valence-electron chi connectivity index (χ2n) is 6.82. The maximum Gasteiger partial charge on any atom is 0.137 e. The summed E-state index contributed by atoms with van der Waals surface area (Å²) in [4.78, 5) is 7.07. The van der Waals surface area contributed by atoms with Crippen LogP contribution >= 0.6 is 12.4 Å². The molecule has 1 saturated heterocycles. The Morgan fingerprint density at radius 3 is 2.64 bits per heavy atom. The van der Waals surface area contributed by atoms with E-state index < -0.39 is 0 Å². The third-order valence-corrected chi connectivity index (χ3v) is 5.23. The Morgan fingerprint density at radius 1 is 1.08 bits per heavy atom. The molecule has 1 aliphatic heterocycles. The van der Waals surface area contributed by atoms with E-state index in [2.05, 4.69) is 69.7 Å². The number of fused-ring (bicyclic) bond motifs is 1. The van der Waals surface area contributed by atoms with E-state index in [1.54, 1.807) is 0 Å². The van der Waals surface area contributed by atoms with Gasteiger partial charge in [0.25, 0.3) is 0 Å². The maximum atomic E-state index is 6.07. The summed E-state index contributed by atoms with van der Waals surface area (Å²) in [5, 5.41) is 0. The highest BCUT2D eigenvalue weighted by atomic mass is 35.5. The second kappa shape index (κ2) is 7.56. The quantitative estimate of drug-likeness (QED) is 0.780. The van der Waals surface area contributed by atoms with Gasteiger partial charge >= 0.3 is 0 Å². The smallest absolute Gasteiger partial charge is 0.137 e. The lowest BCUT2D eigenvalue weighted by Crippen LogP contribution is -2.23. The summed E-state index contributed by atoms with van der Waals surface area (Å²) in [6.45, 7) is 5.91. The molecule has 1 aliphatic rings. The first-order valence-corrected chi connectivity index (χ1v) is 8.65. The summed E-state index contributed by atoms with van der Waals surface area (Å²) in [6, 6.07) is 17.1. The topological polar surface area (TPSA) is 46.6 Å². The van der Waals surface area contributed by atoms with Crippen LogP contribution in [0.5, 0.6) is 0 Å². The van der Waals surface area contributed by atoms with E-state index in [0.717, 1.165) is 31.8 Å². The zero-order chi connectivity index (χ0) is 16.5. The third-order valence-electron chi connectivity index (χ3n) is 5.23. The van der Waals surface area contributed by atoms with Crippen LogP contribution in [-0.4, -0.2) is 33.9 Å². The first-order valence-electron chi connectivity index (χ1n) is 8.65. The minimum Gasteiger partial charge on any atom is -0.330 e. The number of nitrogens with zero attached hydrogens (tertiary/aromatic N) is 3. The van der Waals surface area contributed by atoms with Crippen molar-refractivity contribution in [1.82, 2.24) is 14.3 Å². The summed E-state index contributed by atoms with van der Waals surface area (Å²) in [6.07, 6.45) is 2.01. The second-order valence-corrected chi connectivity index (χ2v) is 6.82. The van der Waals surface area contributed by atoms with Gasteiger partial charge in [-0.05, 0) is 37.1 Å². The minimum absolute atomic E-state index is 0. The van der Waals surface area contributed by atoms with Crippen LogP contribution < -0.4 is 5.73 Å². The van der Waals surface area contributed by atoms with Gasteiger partial charge in [-0.2, -0.15) is 0 Å². The van der Waals surface area contributed by atoms with Gasteiger partial charge in [-0.1, -0.05) is 36.4 Å². The van der Waals surface area contributed by atoms with Crippen LogP contribution in [0.1, 0.15) is 22.9 Å². The highest BCUT2D eigenvalue weighted by Gasteiger charge is 2.33. The molecule has 132 valence electrons. The summed E-state index contributed by atoms with van der Waals surface area (Å²) >= 11 is 0. The molecular weight excluding hydrogens is 332 g/mol. The van der Waals surface area contributed by atoms with Crippen LogP contribution in [0.25, 0.3) is 5.65 Å². The fourth-order valence-corrected chi connectivity index (χ4v) is 4.02. The number of rotatable bonds is 4. The summed E-state index contributed by atoms with van der Waals surface area (Å²) in [5.74, 6) is 1.05. The third kappa shape index (κ3) is 3.43. The fraction of sp³-hybridized carbons (Fsp3) is 0.350. The molecule has 3 heterocycles. The zero-order valence-electron chi connectivity index (χ0n) is 14.5. The van der Waals surface area contributed by atoms with E-state index >= 15 is 0 Å². The number of aryl methyl sites for hydroxylation is 1. The van der Waals surface area contributed by atoms with E-state index in [4.69, 9.17) is 5.73 Å². The van der Waals surface area contributed by atoms with Crippen molar-refractivity contribution in [3.8, 4) is 0 Å². The van der Waals surface area contributed by atoms with Crippen LogP contribution in [0.15, 0.2) is 54.7 Å². The molecule has 4 rings (SSSR count). The lowest BCUT2D eigenvalue weighted by Gasteiger charge is -2.17. The Morgan fingerprint density at radius 2 is 1.88 bits per heavy atom. The fourth-order valence-electron chi connectivity index (χ4n) is 4.02. The van der Waals surface area contributed by atoms with Crippen LogP contribution in [0.3, 0.4) is 0 Å². The van der Waals surface area contributed by atoms with Crippen molar-refractivity contribution in [2.45, 2.75) is 19.4 Å². The largest absolute Gasteiger partial charge is 0.330 e. The number of aromatic nitrogens is 2. The molecule has 0 bridgehead atoms. The van der Waals surface area contributed by atoms with Crippen molar-refractivity contribution >= 4 is 18.1 Å². The predicted octanol–water partition coefficient (Wildman–Crippen LogP) is 3.24. The van der Waals surface area contributed by atoms with E-state index in [1.807, 2.05) is 6.20 Å². The Bertz CT molecular complexity index is 830. The molecule has 5 heteroatoms. The number of pyridine rings is 1. The highest BCUT2D eigenvalue weighted by molar-refractivity contribution is 5.85. The van der Waals surface area contributed by atoms with Crippen molar-refractivity contribution in [2.75, 3.05) is 19.6 Å². The van der Waals surface area contributed by atoms with E-state index in [0.29, 0.717) is 11.8 Å². The van der Waals surface area contributed by atoms with Crippen LogP contribution in [0, 0.1) is 12.8 Å². The molecular formula is C20H25ClN4. The highest BCUT2D eigenvalue weighted by Crippen LogP contribution is 2.32. The zero-order valence-corrected chi connectivity index (χ0v) is 15.3. The molecule has 0 unspecified atom stereocenters. The molecule has 3 aromatic rings. The van der Waals surface area contributed by atoms with Crippen molar-refractivity contribution in [3.05, 3.63) is 71.7 Å². The Hall–Kier alpha value is -1.88. The summed E-state index contributed by atoms with van der Waals surface area (Å²) in [5.41, 5.74) is 11.0. The van der Waals surface area contributed by atoms with Gasteiger partial charge in [0.1, 0.15) is 5.65 Å². The van der Waals surface area contributed by atoms with Gasteiger partial charge in [-0.3, -0.25) is 4.90 Å². The average molecular weight is 357 g/mol. The molecule has 0 spiro atoms. The van der Waals surface area contributed by atoms with Crippen molar-refractivity contribution in [3.63, 3.8) is 0 Å². The van der Waals surface area contributed by atoms with Gasteiger partial charge in [0.2, 0.25) is 0 Å². The summed E-state index contributed by atoms with van der Waals surface area (Å²) in [7, 11) is 0. The Kier molecular flexibility index (Phi) is 5.42. The van der Waals surface area contributed by atoms with E-state index in [9.17, 15) is 0 Å². The van der Waals surface area contributed by atoms with Gasteiger partial charge in [-0.15, -0.1) is 12.4 Å². The normalized spacial score (nSPS) is 20.7. The van der Waals surface area contributed by atoms with Crippen LogP contribution in [-0.2, 0) is 6.54 Å². The molecule has 4 nitrogen and oxygen atoms in total. The molecule has 25 heavy (non-hydrogen) atoms. The molecule has 0 radical (unpaired) electrons. The molecule has 1 fully saturated rings. The first kappa shape index (κ1) is 17.9.